The first-order valence-electron chi connectivity index (χ1n) is 8.17. The maximum absolute atomic E-state index is 11.0. The average molecular weight is 388 g/mol. The lowest BCUT2D eigenvalue weighted by atomic mass is 9.95. The number of benzene rings is 3. The Bertz CT molecular complexity index is 851. The molecule has 0 bridgehead atoms. The van der Waals surface area contributed by atoms with E-state index in [4.69, 9.17) is 27.9 Å². The van der Waals surface area contributed by atoms with Crippen LogP contribution in [-0.4, -0.2) is 12.2 Å². The number of rotatable bonds is 6. The lowest BCUT2D eigenvalue weighted by Crippen LogP contribution is -2.20. The summed E-state index contributed by atoms with van der Waals surface area (Å²) in [4.78, 5) is 0. The van der Waals surface area contributed by atoms with E-state index in [1.54, 1.807) is 19.2 Å². The van der Waals surface area contributed by atoms with Gasteiger partial charge in [0, 0.05) is 10.0 Å². The Kier molecular flexibility index (Phi) is 6.04. The van der Waals surface area contributed by atoms with Crippen LogP contribution in [0.1, 0.15) is 23.3 Å². The summed E-state index contributed by atoms with van der Waals surface area (Å²) < 4.78 is 5.42. The minimum atomic E-state index is -0.793. The van der Waals surface area contributed by atoms with Gasteiger partial charge in [-0.25, -0.2) is 0 Å². The van der Waals surface area contributed by atoms with Crippen molar-refractivity contribution in [1.29, 1.82) is 0 Å². The Morgan fingerprint density at radius 3 is 1.92 bits per heavy atom. The molecule has 0 heterocycles. The topological polar surface area (TPSA) is 41.5 Å². The van der Waals surface area contributed by atoms with Gasteiger partial charge in [0.05, 0.1) is 18.8 Å². The molecule has 0 amide bonds. The molecule has 0 saturated carbocycles. The van der Waals surface area contributed by atoms with Gasteiger partial charge in [0.15, 0.2) is 0 Å². The highest BCUT2D eigenvalue weighted by Crippen LogP contribution is 2.36. The standard InChI is InChI=1S/C21H19Cl2NO2/c1-26-19-5-3-2-4-18(19)24-20(14-6-10-16(22)11-7-14)21(25)15-8-12-17(23)13-9-15/h2-13,20-21,24-25H,1H3/t20-,21-/m1/s1. The molecule has 0 aromatic heterocycles. The van der Waals surface area contributed by atoms with Crippen LogP contribution in [0.3, 0.4) is 0 Å². The highest BCUT2D eigenvalue weighted by molar-refractivity contribution is 6.30. The van der Waals surface area contributed by atoms with Crippen LogP contribution in [-0.2, 0) is 0 Å². The first-order chi connectivity index (χ1) is 12.6. The first-order valence-corrected chi connectivity index (χ1v) is 8.92. The van der Waals surface area contributed by atoms with Crippen molar-refractivity contribution in [3.8, 4) is 5.75 Å². The summed E-state index contributed by atoms with van der Waals surface area (Å²) in [5.74, 6) is 0.703. The minimum absolute atomic E-state index is 0.398. The molecule has 2 N–H and O–H groups in total. The molecular formula is C21H19Cl2NO2. The van der Waals surface area contributed by atoms with Gasteiger partial charge in [-0.2, -0.15) is 0 Å². The summed E-state index contributed by atoms with van der Waals surface area (Å²) in [7, 11) is 1.62. The Balaban J connectivity index is 1.98. The molecule has 3 rings (SSSR count). The molecule has 0 fully saturated rings. The Morgan fingerprint density at radius 2 is 1.35 bits per heavy atom. The van der Waals surface area contributed by atoms with Gasteiger partial charge >= 0.3 is 0 Å². The maximum atomic E-state index is 11.0. The number of anilines is 1. The van der Waals surface area contributed by atoms with Crippen LogP contribution in [0.2, 0.25) is 10.0 Å². The van der Waals surface area contributed by atoms with Gasteiger partial charge in [0.1, 0.15) is 11.9 Å². The van der Waals surface area contributed by atoms with Gasteiger partial charge in [0.2, 0.25) is 0 Å². The van der Waals surface area contributed by atoms with Crippen LogP contribution in [0.15, 0.2) is 72.8 Å². The number of methoxy groups -OCH3 is 1. The lowest BCUT2D eigenvalue weighted by Gasteiger charge is -2.27. The molecule has 5 heteroatoms. The van der Waals surface area contributed by atoms with Crippen molar-refractivity contribution in [2.45, 2.75) is 12.1 Å². The zero-order valence-electron chi connectivity index (χ0n) is 14.2. The molecule has 3 aromatic rings. The van der Waals surface area contributed by atoms with E-state index in [0.29, 0.717) is 15.8 Å². The summed E-state index contributed by atoms with van der Waals surface area (Å²) in [6.45, 7) is 0. The number of halogens is 2. The summed E-state index contributed by atoms with van der Waals surface area (Å²) >= 11 is 12.0. The summed E-state index contributed by atoms with van der Waals surface area (Å²) in [6, 6.07) is 21.8. The minimum Gasteiger partial charge on any atom is -0.495 e. The van der Waals surface area contributed by atoms with E-state index >= 15 is 0 Å². The van der Waals surface area contributed by atoms with E-state index in [9.17, 15) is 5.11 Å². The molecule has 3 nitrogen and oxygen atoms in total. The number of para-hydroxylation sites is 2. The Hall–Kier alpha value is -2.20. The van der Waals surface area contributed by atoms with E-state index < -0.39 is 12.1 Å². The zero-order valence-corrected chi connectivity index (χ0v) is 15.7. The van der Waals surface area contributed by atoms with E-state index in [1.165, 1.54) is 0 Å². The molecule has 3 aromatic carbocycles. The van der Waals surface area contributed by atoms with Gasteiger partial charge < -0.3 is 15.2 Å². The number of ether oxygens (including phenoxy) is 1. The smallest absolute Gasteiger partial charge is 0.141 e. The van der Waals surface area contributed by atoms with E-state index in [2.05, 4.69) is 5.32 Å². The third-order valence-electron chi connectivity index (χ3n) is 4.17. The van der Waals surface area contributed by atoms with Crippen molar-refractivity contribution in [2.75, 3.05) is 12.4 Å². The van der Waals surface area contributed by atoms with Gasteiger partial charge in [-0.15, -0.1) is 0 Å². The maximum Gasteiger partial charge on any atom is 0.141 e. The van der Waals surface area contributed by atoms with Crippen molar-refractivity contribution in [2.24, 2.45) is 0 Å². The summed E-state index contributed by atoms with van der Waals surface area (Å²) in [5, 5.41) is 15.7. The van der Waals surface area contributed by atoms with Gasteiger partial charge in [-0.1, -0.05) is 59.6 Å². The van der Waals surface area contributed by atoms with Crippen LogP contribution in [0.25, 0.3) is 0 Å². The largest absolute Gasteiger partial charge is 0.495 e. The highest BCUT2D eigenvalue weighted by Gasteiger charge is 2.24. The van der Waals surface area contributed by atoms with Gasteiger partial charge in [-0.05, 0) is 47.5 Å². The second-order valence-electron chi connectivity index (χ2n) is 5.87. The monoisotopic (exact) mass is 387 g/mol. The van der Waals surface area contributed by atoms with Crippen LogP contribution in [0, 0.1) is 0 Å². The van der Waals surface area contributed by atoms with E-state index in [1.807, 2.05) is 60.7 Å². The van der Waals surface area contributed by atoms with Gasteiger partial charge in [0.25, 0.3) is 0 Å². The fraction of sp³-hybridized carbons (Fsp3) is 0.143. The third-order valence-corrected chi connectivity index (χ3v) is 4.68. The first kappa shape index (κ1) is 18.6. The van der Waals surface area contributed by atoms with Crippen molar-refractivity contribution >= 4 is 28.9 Å². The third kappa shape index (κ3) is 4.31. The van der Waals surface area contributed by atoms with Gasteiger partial charge in [-0.3, -0.25) is 0 Å². The quantitative estimate of drug-likeness (QED) is 0.553. The predicted octanol–water partition coefficient (Wildman–Crippen LogP) is 5.89. The number of nitrogens with one attached hydrogen (secondary N) is 1. The van der Waals surface area contributed by atoms with E-state index in [-0.39, 0.29) is 0 Å². The van der Waals surface area contributed by atoms with Crippen LogP contribution in [0.5, 0.6) is 5.75 Å². The fourth-order valence-corrected chi connectivity index (χ4v) is 3.05. The van der Waals surface area contributed by atoms with Crippen molar-refractivity contribution < 1.29 is 9.84 Å². The molecular weight excluding hydrogens is 369 g/mol. The molecule has 0 spiro atoms. The second kappa shape index (κ2) is 8.45. The van der Waals surface area contributed by atoms with E-state index in [0.717, 1.165) is 16.8 Å². The highest BCUT2D eigenvalue weighted by atomic mass is 35.5. The molecule has 0 aliphatic heterocycles. The molecule has 0 unspecified atom stereocenters. The summed E-state index contributed by atoms with van der Waals surface area (Å²) in [6.07, 6.45) is -0.793. The molecule has 0 radical (unpaired) electrons. The Morgan fingerprint density at radius 1 is 0.808 bits per heavy atom. The summed E-state index contributed by atoms with van der Waals surface area (Å²) in [5.41, 5.74) is 2.46. The number of hydrogen-bond acceptors (Lipinski definition) is 3. The number of hydrogen-bond donors (Lipinski definition) is 2. The normalized spacial score (nSPS) is 13.1. The molecule has 26 heavy (non-hydrogen) atoms. The molecule has 0 aliphatic carbocycles. The van der Waals surface area contributed by atoms with Crippen LogP contribution in [0.4, 0.5) is 5.69 Å². The Labute approximate surface area is 163 Å². The van der Waals surface area contributed by atoms with Crippen molar-refractivity contribution in [3.63, 3.8) is 0 Å². The molecule has 134 valence electrons. The second-order valence-corrected chi connectivity index (χ2v) is 6.74. The average Bonchev–Trinajstić information content (AvgIpc) is 2.67. The number of aliphatic hydroxyl groups excluding tert-OH is 1. The predicted molar refractivity (Wildman–Crippen MR) is 107 cm³/mol. The zero-order chi connectivity index (χ0) is 18.5. The van der Waals surface area contributed by atoms with Crippen molar-refractivity contribution in [1.82, 2.24) is 0 Å². The molecule has 2 atom stereocenters. The van der Waals surface area contributed by atoms with Crippen LogP contribution < -0.4 is 10.1 Å². The lowest BCUT2D eigenvalue weighted by molar-refractivity contribution is 0.155. The molecule has 0 aliphatic rings. The molecule has 0 saturated heterocycles. The number of aliphatic hydroxyl groups is 1. The fourth-order valence-electron chi connectivity index (χ4n) is 2.80. The van der Waals surface area contributed by atoms with Crippen molar-refractivity contribution in [3.05, 3.63) is 94.0 Å². The SMILES string of the molecule is COc1ccccc1N[C@H](c1ccc(Cl)cc1)[C@H](O)c1ccc(Cl)cc1. The van der Waals surface area contributed by atoms with Crippen LogP contribution >= 0.6 is 23.2 Å².